The van der Waals surface area contributed by atoms with Gasteiger partial charge in [0, 0.05) is 29.8 Å². The van der Waals surface area contributed by atoms with E-state index in [0.29, 0.717) is 0 Å². The van der Waals surface area contributed by atoms with Crippen LogP contribution in [0.2, 0.25) is 0 Å². The van der Waals surface area contributed by atoms with E-state index >= 15 is 0 Å². The summed E-state index contributed by atoms with van der Waals surface area (Å²) in [6, 6.07) is 6.85. The molecule has 0 radical (unpaired) electrons. The van der Waals surface area contributed by atoms with Gasteiger partial charge in [-0.1, -0.05) is 22.0 Å². The number of nitrogens with one attached hydrogen (secondary N) is 1. The molecule has 0 bridgehead atoms. The van der Waals surface area contributed by atoms with Crippen molar-refractivity contribution in [3.63, 3.8) is 0 Å². The van der Waals surface area contributed by atoms with Gasteiger partial charge in [-0.25, -0.2) is 0 Å². The lowest BCUT2D eigenvalue weighted by Crippen LogP contribution is -2.28. The van der Waals surface area contributed by atoms with Crippen molar-refractivity contribution < 1.29 is 0 Å². The van der Waals surface area contributed by atoms with Crippen LogP contribution in [0.4, 0.5) is 5.69 Å². The molecular weight excluding hydrogens is 300 g/mol. The van der Waals surface area contributed by atoms with Gasteiger partial charge in [-0.05, 0) is 62.3 Å². The Balaban J connectivity index is 1.73. The van der Waals surface area contributed by atoms with E-state index in [1.165, 1.54) is 54.5 Å². The molecule has 0 spiro atoms. The van der Waals surface area contributed by atoms with Crippen LogP contribution in [-0.4, -0.2) is 20.1 Å². The molecule has 2 nitrogen and oxygen atoms in total. The molecule has 1 aromatic carbocycles. The van der Waals surface area contributed by atoms with E-state index in [1.807, 2.05) is 7.05 Å². The molecule has 2 saturated carbocycles. The van der Waals surface area contributed by atoms with Crippen molar-refractivity contribution in [3.05, 3.63) is 28.2 Å². The van der Waals surface area contributed by atoms with Crippen molar-refractivity contribution in [2.45, 2.75) is 32.2 Å². The molecular formula is C16H23BrN2. The van der Waals surface area contributed by atoms with Gasteiger partial charge in [0.05, 0.1) is 0 Å². The lowest BCUT2D eigenvalue weighted by molar-refractivity contribution is 0.679. The second-order valence-electron chi connectivity index (χ2n) is 6.10. The van der Waals surface area contributed by atoms with Crippen molar-refractivity contribution >= 4 is 21.6 Å². The first-order chi connectivity index (χ1) is 9.26. The number of nitrogens with zero attached hydrogens (tertiary/aromatic N) is 1. The Kier molecular flexibility index (Phi) is 4.13. The van der Waals surface area contributed by atoms with Crippen LogP contribution in [0.15, 0.2) is 22.7 Å². The molecule has 0 unspecified atom stereocenters. The van der Waals surface area contributed by atoms with Crippen LogP contribution in [0.3, 0.4) is 0 Å². The van der Waals surface area contributed by atoms with Crippen LogP contribution in [0.25, 0.3) is 0 Å². The van der Waals surface area contributed by atoms with E-state index in [4.69, 9.17) is 0 Å². The van der Waals surface area contributed by atoms with Gasteiger partial charge in [0.15, 0.2) is 0 Å². The number of rotatable bonds is 7. The SMILES string of the molecule is CNCc1ccc(N(CC2CC2)CC2CC2)cc1Br. The molecule has 104 valence electrons. The zero-order chi connectivity index (χ0) is 13.2. The molecule has 0 saturated heterocycles. The van der Waals surface area contributed by atoms with Gasteiger partial charge in [-0.2, -0.15) is 0 Å². The lowest BCUT2D eigenvalue weighted by Gasteiger charge is -2.25. The maximum atomic E-state index is 3.71. The van der Waals surface area contributed by atoms with Gasteiger partial charge >= 0.3 is 0 Å². The van der Waals surface area contributed by atoms with Crippen LogP contribution in [-0.2, 0) is 6.54 Å². The van der Waals surface area contributed by atoms with Crippen molar-refractivity contribution in [1.29, 1.82) is 0 Å². The summed E-state index contributed by atoms with van der Waals surface area (Å²) in [6.07, 6.45) is 5.72. The van der Waals surface area contributed by atoms with E-state index < -0.39 is 0 Å². The molecule has 3 heteroatoms. The summed E-state index contributed by atoms with van der Waals surface area (Å²) < 4.78 is 1.23. The molecule has 0 heterocycles. The minimum absolute atomic E-state index is 0.923. The van der Waals surface area contributed by atoms with Crippen molar-refractivity contribution in [3.8, 4) is 0 Å². The zero-order valence-corrected chi connectivity index (χ0v) is 13.2. The first-order valence-corrected chi connectivity index (χ1v) is 8.23. The van der Waals surface area contributed by atoms with Crippen LogP contribution in [0.5, 0.6) is 0 Å². The summed E-state index contributed by atoms with van der Waals surface area (Å²) in [6.45, 7) is 3.44. The lowest BCUT2D eigenvalue weighted by atomic mass is 10.1. The summed E-state index contributed by atoms with van der Waals surface area (Å²) in [5.74, 6) is 1.91. The van der Waals surface area contributed by atoms with Gasteiger partial charge in [-0.15, -0.1) is 0 Å². The maximum absolute atomic E-state index is 3.71. The highest BCUT2D eigenvalue weighted by atomic mass is 79.9. The van der Waals surface area contributed by atoms with E-state index in [-0.39, 0.29) is 0 Å². The molecule has 1 N–H and O–H groups in total. The zero-order valence-electron chi connectivity index (χ0n) is 11.7. The summed E-state index contributed by atoms with van der Waals surface area (Å²) >= 11 is 3.71. The third-order valence-corrected chi connectivity index (χ3v) is 4.86. The fourth-order valence-corrected chi connectivity index (χ4v) is 3.08. The maximum Gasteiger partial charge on any atom is 0.0377 e. The van der Waals surface area contributed by atoms with E-state index in [9.17, 15) is 0 Å². The molecule has 3 rings (SSSR count). The Bertz CT molecular complexity index is 424. The first-order valence-electron chi connectivity index (χ1n) is 7.44. The van der Waals surface area contributed by atoms with Crippen LogP contribution in [0, 0.1) is 11.8 Å². The second kappa shape index (κ2) is 5.84. The van der Waals surface area contributed by atoms with Gasteiger partial charge in [0.1, 0.15) is 0 Å². The van der Waals surface area contributed by atoms with Crippen LogP contribution < -0.4 is 10.2 Å². The van der Waals surface area contributed by atoms with E-state index in [0.717, 1.165) is 18.4 Å². The highest BCUT2D eigenvalue weighted by molar-refractivity contribution is 9.10. The largest absolute Gasteiger partial charge is 0.371 e. The smallest absolute Gasteiger partial charge is 0.0377 e. The first kappa shape index (κ1) is 13.4. The molecule has 0 aromatic heterocycles. The minimum Gasteiger partial charge on any atom is -0.371 e. The van der Waals surface area contributed by atoms with E-state index in [1.54, 1.807) is 0 Å². The summed E-state index contributed by atoms with van der Waals surface area (Å²) in [5.41, 5.74) is 2.73. The second-order valence-corrected chi connectivity index (χ2v) is 6.95. The van der Waals surface area contributed by atoms with Gasteiger partial charge in [-0.3, -0.25) is 0 Å². The van der Waals surface area contributed by atoms with Gasteiger partial charge in [0.25, 0.3) is 0 Å². The highest BCUT2D eigenvalue weighted by Gasteiger charge is 2.29. The molecule has 2 aliphatic rings. The van der Waals surface area contributed by atoms with Crippen molar-refractivity contribution in [2.24, 2.45) is 11.8 Å². The van der Waals surface area contributed by atoms with Gasteiger partial charge in [0.2, 0.25) is 0 Å². The van der Waals surface area contributed by atoms with Crippen molar-refractivity contribution in [2.75, 3.05) is 25.0 Å². The van der Waals surface area contributed by atoms with Crippen molar-refractivity contribution in [1.82, 2.24) is 5.32 Å². The third kappa shape index (κ3) is 3.73. The predicted octanol–water partition coefficient (Wildman–Crippen LogP) is 3.79. The topological polar surface area (TPSA) is 15.3 Å². The molecule has 2 fully saturated rings. The standard InChI is InChI=1S/C16H23BrN2/c1-18-9-14-6-7-15(8-16(14)17)19(10-12-2-3-12)11-13-4-5-13/h6-8,12-13,18H,2-5,9-11H2,1H3. The molecule has 2 aliphatic carbocycles. The Morgan fingerprint density at radius 3 is 2.26 bits per heavy atom. The molecule has 1 aromatic rings. The number of halogens is 1. The van der Waals surface area contributed by atoms with Crippen LogP contribution in [0.1, 0.15) is 31.2 Å². The Hall–Kier alpha value is -0.540. The summed E-state index contributed by atoms with van der Waals surface area (Å²) in [5, 5.41) is 3.21. The third-order valence-electron chi connectivity index (χ3n) is 4.12. The Labute approximate surface area is 124 Å². The average Bonchev–Trinajstić information content (AvgIpc) is 3.26. The number of hydrogen-bond acceptors (Lipinski definition) is 2. The fourth-order valence-electron chi connectivity index (χ4n) is 2.58. The average molecular weight is 323 g/mol. The number of hydrogen-bond donors (Lipinski definition) is 1. The number of benzene rings is 1. The highest BCUT2D eigenvalue weighted by Crippen LogP contribution is 2.36. The van der Waals surface area contributed by atoms with E-state index in [2.05, 4.69) is 44.3 Å². The predicted molar refractivity (Wildman–Crippen MR) is 84.6 cm³/mol. The monoisotopic (exact) mass is 322 g/mol. The molecule has 0 amide bonds. The Morgan fingerprint density at radius 1 is 1.16 bits per heavy atom. The fraction of sp³-hybridized carbons (Fsp3) is 0.625. The molecule has 0 atom stereocenters. The quantitative estimate of drug-likeness (QED) is 0.821. The molecule has 19 heavy (non-hydrogen) atoms. The summed E-state index contributed by atoms with van der Waals surface area (Å²) in [4.78, 5) is 2.61. The van der Waals surface area contributed by atoms with Gasteiger partial charge < -0.3 is 10.2 Å². The summed E-state index contributed by atoms with van der Waals surface area (Å²) in [7, 11) is 1.99. The van der Waals surface area contributed by atoms with Crippen LogP contribution >= 0.6 is 15.9 Å². The molecule has 0 aliphatic heterocycles. The number of anilines is 1. The Morgan fingerprint density at radius 2 is 1.79 bits per heavy atom. The minimum atomic E-state index is 0.923. The normalized spacial score (nSPS) is 18.6.